The van der Waals surface area contributed by atoms with Crippen molar-refractivity contribution in [1.82, 2.24) is 0 Å². The van der Waals surface area contributed by atoms with E-state index in [9.17, 15) is 4.39 Å². The fraction of sp³-hybridized carbons (Fsp3) is 0.250. The maximum Gasteiger partial charge on any atom is 0.123 e. The van der Waals surface area contributed by atoms with Crippen LogP contribution in [-0.2, 0) is 0 Å². The van der Waals surface area contributed by atoms with Crippen LogP contribution in [0.4, 0.5) is 10.1 Å². The molecule has 2 rings (SSSR count). The Bertz CT molecular complexity index is 537. The minimum Gasteiger partial charge on any atom is -0.366 e. The number of likely N-dealkylation sites (N-methyl/N-ethyl adjacent to an activating group) is 1. The Hall–Kier alpha value is -1.87. The van der Waals surface area contributed by atoms with Gasteiger partial charge in [-0.25, -0.2) is 4.39 Å². The molecule has 0 aromatic heterocycles. The number of nitrogens with two attached hydrogens (primary N) is 1. The number of anilines is 1. The van der Waals surface area contributed by atoms with Crippen molar-refractivity contribution in [1.29, 1.82) is 0 Å². The molecule has 0 aliphatic heterocycles. The summed E-state index contributed by atoms with van der Waals surface area (Å²) in [5.74, 6) is -0.228. The predicted molar refractivity (Wildman–Crippen MR) is 77.8 cm³/mol. The highest BCUT2D eigenvalue weighted by Crippen LogP contribution is 2.25. The first-order valence-electron chi connectivity index (χ1n) is 6.37. The highest BCUT2D eigenvalue weighted by molar-refractivity contribution is 5.49. The number of benzene rings is 2. The molecule has 0 fully saturated rings. The summed E-state index contributed by atoms with van der Waals surface area (Å²) >= 11 is 0. The summed E-state index contributed by atoms with van der Waals surface area (Å²) in [6, 6.07) is 14.8. The van der Waals surface area contributed by atoms with Gasteiger partial charge < -0.3 is 10.6 Å². The van der Waals surface area contributed by atoms with Gasteiger partial charge in [0.1, 0.15) is 5.82 Å². The second-order valence-electron chi connectivity index (χ2n) is 4.75. The van der Waals surface area contributed by atoms with E-state index in [2.05, 4.69) is 36.1 Å². The fourth-order valence-corrected chi connectivity index (χ4v) is 2.19. The van der Waals surface area contributed by atoms with Gasteiger partial charge >= 0.3 is 0 Å². The van der Waals surface area contributed by atoms with Crippen molar-refractivity contribution in [2.45, 2.75) is 13.0 Å². The second-order valence-corrected chi connectivity index (χ2v) is 4.75. The standard InChI is InChI=1S/C16H19FN2/c1-12-6-8-15(9-7-12)19(2)16(11-18)13-4-3-5-14(17)10-13/h3-10,16H,11,18H2,1-2H3. The number of aryl methyl sites for hydroxylation is 1. The van der Waals surface area contributed by atoms with E-state index >= 15 is 0 Å². The summed E-state index contributed by atoms with van der Waals surface area (Å²) in [6.07, 6.45) is 0. The van der Waals surface area contributed by atoms with Crippen molar-refractivity contribution in [2.75, 3.05) is 18.5 Å². The minimum absolute atomic E-state index is 0.0293. The summed E-state index contributed by atoms with van der Waals surface area (Å²) < 4.78 is 13.3. The molecule has 2 aromatic carbocycles. The van der Waals surface area contributed by atoms with Crippen LogP contribution < -0.4 is 10.6 Å². The van der Waals surface area contributed by atoms with Crippen LogP contribution in [0.2, 0.25) is 0 Å². The predicted octanol–water partition coefficient (Wildman–Crippen LogP) is 3.27. The Morgan fingerprint density at radius 3 is 2.42 bits per heavy atom. The lowest BCUT2D eigenvalue weighted by Crippen LogP contribution is -2.30. The fourth-order valence-electron chi connectivity index (χ4n) is 2.19. The zero-order valence-electron chi connectivity index (χ0n) is 11.3. The number of halogens is 1. The van der Waals surface area contributed by atoms with Gasteiger partial charge in [-0.05, 0) is 36.8 Å². The number of rotatable bonds is 4. The number of hydrogen-bond acceptors (Lipinski definition) is 2. The molecule has 2 N–H and O–H groups in total. The topological polar surface area (TPSA) is 29.3 Å². The van der Waals surface area contributed by atoms with Crippen LogP contribution in [-0.4, -0.2) is 13.6 Å². The van der Waals surface area contributed by atoms with Crippen molar-refractivity contribution in [2.24, 2.45) is 5.73 Å². The third kappa shape index (κ3) is 3.12. The number of nitrogens with zero attached hydrogens (tertiary/aromatic N) is 1. The van der Waals surface area contributed by atoms with E-state index in [-0.39, 0.29) is 11.9 Å². The molecule has 3 heteroatoms. The molecular weight excluding hydrogens is 239 g/mol. The van der Waals surface area contributed by atoms with Crippen LogP contribution >= 0.6 is 0 Å². The van der Waals surface area contributed by atoms with Crippen molar-refractivity contribution in [3.63, 3.8) is 0 Å². The first-order valence-corrected chi connectivity index (χ1v) is 6.37. The Morgan fingerprint density at radius 2 is 1.84 bits per heavy atom. The summed E-state index contributed by atoms with van der Waals surface area (Å²) in [6.45, 7) is 2.49. The first-order chi connectivity index (χ1) is 9.11. The molecule has 2 aromatic rings. The molecule has 0 spiro atoms. The SMILES string of the molecule is Cc1ccc(N(C)C(CN)c2cccc(F)c2)cc1. The van der Waals surface area contributed by atoms with Crippen LogP contribution in [0.15, 0.2) is 48.5 Å². The van der Waals surface area contributed by atoms with E-state index in [1.807, 2.05) is 13.1 Å². The third-order valence-electron chi connectivity index (χ3n) is 3.37. The lowest BCUT2D eigenvalue weighted by molar-refractivity contribution is 0.615. The van der Waals surface area contributed by atoms with Crippen molar-refractivity contribution < 1.29 is 4.39 Å². The summed E-state index contributed by atoms with van der Waals surface area (Å²) in [5.41, 5.74) is 9.04. The smallest absolute Gasteiger partial charge is 0.123 e. The average molecular weight is 258 g/mol. The van der Waals surface area contributed by atoms with Crippen LogP contribution in [0, 0.1) is 12.7 Å². The van der Waals surface area contributed by atoms with Gasteiger partial charge in [0.2, 0.25) is 0 Å². The molecule has 1 unspecified atom stereocenters. The molecule has 0 radical (unpaired) electrons. The van der Waals surface area contributed by atoms with E-state index in [0.717, 1.165) is 11.3 Å². The highest BCUT2D eigenvalue weighted by atomic mass is 19.1. The van der Waals surface area contributed by atoms with Crippen LogP contribution in [0.25, 0.3) is 0 Å². The largest absolute Gasteiger partial charge is 0.366 e. The summed E-state index contributed by atoms with van der Waals surface area (Å²) in [5, 5.41) is 0. The highest BCUT2D eigenvalue weighted by Gasteiger charge is 2.16. The van der Waals surface area contributed by atoms with Crippen LogP contribution in [0.3, 0.4) is 0 Å². The second kappa shape index (κ2) is 5.85. The van der Waals surface area contributed by atoms with Gasteiger partial charge in [0.15, 0.2) is 0 Å². The van der Waals surface area contributed by atoms with E-state index in [0.29, 0.717) is 6.54 Å². The van der Waals surface area contributed by atoms with Gasteiger partial charge in [-0.1, -0.05) is 29.8 Å². The molecule has 19 heavy (non-hydrogen) atoms. The lowest BCUT2D eigenvalue weighted by atomic mass is 10.0. The number of hydrogen-bond donors (Lipinski definition) is 1. The van der Waals surface area contributed by atoms with Crippen molar-refractivity contribution in [3.8, 4) is 0 Å². The molecule has 100 valence electrons. The Kier molecular flexibility index (Phi) is 4.17. The van der Waals surface area contributed by atoms with Crippen molar-refractivity contribution in [3.05, 3.63) is 65.5 Å². The normalized spacial score (nSPS) is 12.2. The van der Waals surface area contributed by atoms with E-state index in [4.69, 9.17) is 5.73 Å². The van der Waals surface area contributed by atoms with E-state index in [1.165, 1.54) is 11.6 Å². The lowest BCUT2D eigenvalue weighted by Gasteiger charge is -2.29. The zero-order chi connectivity index (χ0) is 13.8. The Labute approximate surface area is 113 Å². The Balaban J connectivity index is 2.28. The molecule has 1 atom stereocenters. The maximum atomic E-state index is 13.3. The van der Waals surface area contributed by atoms with Gasteiger partial charge in [0.05, 0.1) is 6.04 Å². The van der Waals surface area contributed by atoms with Gasteiger partial charge in [-0.2, -0.15) is 0 Å². The molecule has 0 bridgehead atoms. The van der Waals surface area contributed by atoms with Gasteiger partial charge in [-0.3, -0.25) is 0 Å². The maximum absolute atomic E-state index is 13.3. The molecule has 0 aliphatic carbocycles. The van der Waals surface area contributed by atoms with Crippen molar-refractivity contribution >= 4 is 5.69 Å². The molecule has 0 aliphatic rings. The molecule has 0 heterocycles. The monoisotopic (exact) mass is 258 g/mol. The third-order valence-corrected chi connectivity index (χ3v) is 3.37. The quantitative estimate of drug-likeness (QED) is 0.912. The molecule has 0 saturated heterocycles. The molecule has 0 saturated carbocycles. The molecule has 2 nitrogen and oxygen atoms in total. The first kappa shape index (κ1) is 13.6. The summed E-state index contributed by atoms with van der Waals surface area (Å²) in [4.78, 5) is 2.08. The van der Waals surface area contributed by atoms with Gasteiger partial charge in [0, 0.05) is 19.3 Å². The van der Waals surface area contributed by atoms with Gasteiger partial charge in [0.25, 0.3) is 0 Å². The van der Waals surface area contributed by atoms with E-state index in [1.54, 1.807) is 12.1 Å². The molecule has 0 amide bonds. The minimum atomic E-state index is -0.228. The van der Waals surface area contributed by atoms with E-state index < -0.39 is 0 Å². The average Bonchev–Trinajstić information content (AvgIpc) is 2.40. The van der Waals surface area contributed by atoms with Crippen LogP contribution in [0.5, 0.6) is 0 Å². The Morgan fingerprint density at radius 1 is 1.16 bits per heavy atom. The summed E-state index contributed by atoms with van der Waals surface area (Å²) in [7, 11) is 1.98. The molecular formula is C16H19FN2. The van der Waals surface area contributed by atoms with Crippen LogP contribution in [0.1, 0.15) is 17.2 Å². The zero-order valence-corrected chi connectivity index (χ0v) is 11.3. The van der Waals surface area contributed by atoms with Gasteiger partial charge in [-0.15, -0.1) is 0 Å².